The Bertz CT molecular complexity index is 684. The third kappa shape index (κ3) is 8.04. The molecule has 0 aromatic heterocycles. The van der Waals surface area contributed by atoms with Gasteiger partial charge in [0.25, 0.3) is 0 Å². The Balaban J connectivity index is 2.02. The van der Waals surface area contributed by atoms with Crippen LogP contribution in [0.2, 0.25) is 0 Å². The Labute approximate surface area is 203 Å². The quantitative estimate of drug-likeness (QED) is 0.249. The fourth-order valence-corrected chi connectivity index (χ4v) is 6.93. The molecule has 0 saturated carbocycles. The molecule has 8 heteroatoms. The van der Waals surface area contributed by atoms with Crippen molar-refractivity contribution in [3.63, 3.8) is 0 Å². The van der Waals surface area contributed by atoms with Crippen LogP contribution in [-0.2, 0) is 25.4 Å². The van der Waals surface area contributed by atoms with Gasteiger partial charge in [-0.15, -0.1) is 0 Å². The van der Waals surface area contributed by atoms with Crippen LogP contribution in [0.1, 0.15) is 67.4 Å². The third-order valence-electron chi connectivity index (χ3n) is 5.90. The first-order chi connectivity index (χ1) is 15.5. The first-order valence-corrected chi connectivity index (χ1v) is 13.5. The molecule has 2 rings (SSSR count). The van der Waals surface area contributed by atoms with Gasteiger partial charge in [0.1, 0.15) is 14.5 Å². The zero-order valence-electron chi connectivity index (χ0n) is 22.0. The average molecular weight is 478 g/mol. The SMILES string of the molecule is B[C@@H]1OC(COP(N(C(C)C)C(C)C)N(C(C)C)C(C)C)CC1C(=O)OCc1ccccc1. The molecule has 1 aromatic carbocycles. The van der Waals surface area contributed by atoms with E-state index in [0.717, 1.165) is 5.56 Å². The molecule has 2 unspecified atom stereocenters. The molecule has 0 radical (unpaired) electrons. The summed E-state index contributed by atoms with van der Waals surface area (Å²) in [7, 11) is 0.987. The van der Waals surface area contributed by atoms with Crippen molar-refractivity contribution in [1.82, 2.24) is 9.34 Å². The summed E-state index contributed by atoms with van der Waals surface area (Å²) in [6.07, 6.45) is 0.520. The largest absolute Gasteiger partial charge is 0.461 e. The summed E-state index contributed by atoms with van der Waals surface area (Å²) < 4.78 is 23.3. The minimum absolute atomic E-state index is 0.110. The van der Waals surface area contributed by atoms with Gasteiger partial charge in [0.2, 0.25) is 0 Å². The van der Waals surface area contributed by atoms with E-state index < -0.39 is 8.45 Å². The summed E-state index contributed by atoms with van der Waals surface area (Å²) in [6.45, 7) is 18.6. The van der Waals surface area contributed by atoms with Crippen LogP contribution < -0.4 is 0 Å². The number of carbonyl (C=O) groups excluding carboxylic acids is 1. The summed E-state index contributed by atoms with van der Waals surface area (Å²) >= 11 is 0. The van der Waals surface area contributed by atoms with Crippen LogP contribution in [0, 0.1) is 5.92 Å². The van der Waals surface area contributed by atoms with Crippen molar-refractivity contribution in [2.75, 3.05) is 6.61 Å². The highest BCUT2D eigenvalue weighted by atomic mass is 31.2. The number of esters is 1. The zero-order valence-corrected chi connectivity index (χ0v) is 22.9. The van der Waals surface area contributed by atoms with E-state index in [0.29, 0.717) is 43.8 Å². The molecular weight excluding hydrogens is 434 g/mol. The van der Waals surface area contributed by atoms with E-state index in [1.807, 2.05) is 38.2 Å². The van der Waals surface area contributed by atoms with Gasteiger partial charge in [-0.1, -0.05) is 30.3 Å². The third-order valence-corrected chi connectivity index (χ3v) is 8.92. The number of benzene rings is 1. The lowest BCUT2D eigenvalue weighted by Gasteiger charge is -2.45. The fourth-order valence-electron chi connectivity index (χ4n) is 4.54. The molecule has 0 bridgehead atoms. The Morgan fingerprint density at radius 1 is 1.00 bits per heavy atom. The van der Waals surface area contributed by atoms with E-state index in [9.17, 15) is 4.79 Å². The van der Waals surface area contributed by atoms with Gasteiger partial charge in [-0.25, -0.2) is 9.34 Å². The maximum atomic E-state index is 12.7. The summed E-state index contributed by atoms with van der Waals surface area (Å²) in [5.41, 5.74) is 0.993. The van der Waals surface area contributed by atoms with Gasteiger partial charge in [-0.2, -0.15) is 0 Å². The standard InChI is InChI=1S/C25H44BN2O4P/c1-17(2)27(18(3)4)33(28(19(5)6)20(7)8)31-16-22-14-23(24(26)32-22)25(29)30-15-21-12-10-9-11-13-21/h9-13,17-20,22-24H,14-16,26H2,1-8H3/t22?,23?,24-/m1/s1. The molecule has 1 aliphatic rings. The van der Waals surface area contributed by atoms with Crippen LogP contribution in [-0.4, -0.2) is 66.0 Å². The van der Waals surface area contributed by atoms with Crippen LogP contribution in [0.5, 0.6) is 0 Å². The van der Waals surface area contributed by atoms with Crippen molar-refractivity contribution >= 4 is 22.3 Å². The Morgan fingerprint density at radius 3 is 2.00 bits per heavy atom. The first kappa shape index (κ1) is 28.3. The van der Waals surface area contributed by atoms with Gasteiger partial charge in [0, 0.05) is 30.2 Å². The smallest absolute Gasteiger partial charge is 0.311 e. The van der Waals surface area contributed by atoms with E-state index in [-0.39, 0.29) is 24.0 Å². The molecule has 0 amide bonds. The molecule has 1 heterocycles. The lowest BCUT2D eigenvalue weighted by Crippen LogP contribution is -2.43. The molecule has 0 spiro atoms. The molecule has 1 aromatic rings. The van der Waals surface area contributed by atoms with E-state index in [1.54, 1.807) is 0 Å². The predicted molar refractivity (Wildman–Crippen MR) is 139 cm³/mol. The van der Waals surface area contributed by atoms with Crippen LogP contribution in [0.25, 0.3) is 0 Å². The minimum Gasteiger partial charge on any atom is -0.461 e. The fraction of sp³-hybridized carbons (Fsp3) is 0.720. The molecule has 1 saturated heterocycles. The maximum Gasteiger partial charge on any atom is 0.311 e. The number of ether oxygens (including phenoxy) is 2. The maximum absolute atomic E-state index is 12.7. The van der Waals surface area contributed by atoms with Crippen LogP contribution in [0.3, 0.4) is 0 Å². The zero-order chi connectivity index (χ0) is 24.7. The second kappa shape index (κ2) is 13.2. The van der Waals surface area contributed by atoms with Crippen molar-refractivity contribution in [3.8, 4) is 0 Å². The summed E-state index contributed by atoms with van der Waals surface area (Å²) in [5, 5.41) is 0. The summed E-state index contributed by atoms with van der Waals surface area (Å²) in [6, 6.07) is 11.1. The van der Waals surface area contributed by atoms with Crippen molar-refractivity contribution in [3.05, 3.63) is 35.9 Å². The van der Waals surface area contributed by atoms with Crippen molar-refractivity contribution < 1.29 is 18.8 Å². The molecule has 1 aliphatic heterocycles. The van der Waals surface area contributed by atoms with Gasteiger partial charge in [-0.05, 0) is 67.4 Å². The van der Waals surface area contributed by atoms with Crippen LogP contribution >= 0.6 is 8.45 Å². The number of hydrogen-bond acceptors (Lipinski definition) is 6. The number of hydrogen-bond donors (Lipinski definition) is 0. The highest BCUT2D eigenvalue weighted by molar-refractivity contribution is 7.47. The second-order valence-corrected chi connectivity index (χ2v) is 11.8. The van der Waals surface area contributed by atoms with Crippen LogP contribution in [0.15, 0.2) is 30.3 Å². The summed E-state index contributed by atoms with van der Waals surface area (Å²) in [4.78, 5) is 12.7. The molecule has 0 aliphatic carbocycles. The molecule has 0 N–H and O–H groups in total. The van der Waals surface area contributed by atoms with Crippen LogP contribution in [0.4, 0.5) is 0 Å². The highest BCUT2D eigenvalue weighted by Gasteiger charge is 2.40. The van der Waals surface area contributed by atoms with Crippen molar-refractivity contribution in [2.45, 2.75) is 105 Å². The van der Waals surface area contributed by atoms with E-state index in [1.165, 1.54) is 0 Å². The Morgan fingerprint density at radius 2 is 1.52 bits per heavy atom. The first-order valence-electron chi connectivity index (χ1n) is 12.4. The van der Waals surface area contributed by atoms with Gasteiger partial charge in [0.05, 0.1) is 18.6 Å². The normalized spacial score (nSPS) is 21.5. The second-order valence-electron chi connectivity index (χ2n) is 10.1. The van der Waals surface area contributed by atoms with E-state index in [2.05, 4.69) is 64.7 Å². The average Bonchev–Trinajstić information content (AvgIpc) is 3.10. The van der Waals surface area contributed by atoms with Crippen molar-refractivity contribution in [1.29, 1.82) is 0 Å². The number of nitrogens with zero attached hydrogens (tertiary/aromatic N) is 2. The minimum atomic E-state index is -0.972. The van der Waals surface area contributed by atoms with E-state index >= 15 is 0 Å². The molecule has 1 fully saturated rings. The Kier molecular flexibility index (Phi) is 11.3. The molecule has 33 heavy (non-hydrogen) atoms. The van der Waals surface area contributed by atoms with Gasteiger partial charge >= 0.3 is 5.97 Å². The molecule has 6 nitrogen and oxygen atoms in total. The summed E-state index contributed by atoms with van der Waals surface area (Å²) in [5.74, 6) is -0.445. The van der Waals surface area contributed by atoms with E-state index in [4.69, 9.17) is 14.0 Å². The monoisotopic (exact) mass is 478 g/mol. The molecule has 186 valence electrons. The molecule has 3 atom stereocenters. The van der Waals surface area contributed by atoms with Gasteiger partial charge < -0.3 is 14.0 Å². The lowest BCUT2D eigenvalue weighted by molar-refractivity contribution is -0.150. The highest BCUT2D eigenvalue weighted by Crippen LogP contribution is 2.51. The Hall–Kier alpha value is -0.975. The molecular formula is C25H44BN2O4P. The van der Waals surface area contributed by atoms with Crippen molar-refractivity contribution in [2.24, 2.45) is 5.92 Å². The lowest BCUT2D eigenvalue weighted by atomic mass is 9.86. The van der Waals surface area contributed by atoms with Gasteiger partial charge in [-0.3, -0.25) is 4.79 Å². The number of carbonyl (C=O) groups is 1. The van der Waals surface area contributed by atoms with Gasteiger partial charge in [0.15, 0.2) is 8.45 Å². The predicted octanol–water partition coefficient (Wildman–Crippen LogP) is 4.58. The number of rotatable bonds is 12. The topological polar surface area (TPSA) is 51.2 Å².